The molecule has 0 saturated heterocycles. The van der Waals surface area contributed by atoms with Gasteiger partial charge in [-0.1, -0.05) is 6.07 Å². The summed E-state index contributed by atoms with van der Waals surface area (Å²) in [7, 11) is 0. The Morgan fingerprint density at radius 2 is 2.16 bits per heavy atom. The van der Waals surface area contributed by atoms with Gasteiger partial charge in [-0.05, 0) is 44.0 Å². The average molecular weight is 260 g/mol. The number of aryl methyl sites for hydroxylation is 2. The highest BCUT2D eigenvalue weighted by molar-refractivity contribution is 5.87. The molecule has 0 spiro atoms. The Balaban J connectivity index is 2.11. The first-order valence-corrected chi connectivity index (χ1v) is 6.07. The summed E-state index contributed by atoms with van der Waals surface area (Å²) in [5, 5.41) is 3.00. The number of anilines is 2. The van der Waals surface area contributed by atoms with Gasteiger partial charge < -0.3 is 14.5 Å². The molecule has 2 rings (SSSR count). The molecule has 1 aromatic carbocycles. The molecule has 0 amide bonds. The van der Waals surface area contributed by atoms with E-state index in [1.54, 1.807) is 6.92 Å². The van der Waals surface area contributed by atoms with Gasteiger partial charge >= 0.3 is 5.97 Å². The van der Waals surface area contributed by atoms with Crippen LogP contribution in [-0.2, 0) is 4.74 Å². The predicted octanol–water partition coefficient (Wildman–Crippen LogP) is 3.21. The molecular formula is C14H16N2O3. The van der Waals surface area contributed by atoms with Gasteiger partial charge in [0.2, 0.25) is 0 Å². The lowest BCUT2D eigenvalue weighted by Crippen LogP contribution is -2.05. The van der Waals surface area contributed by atoms with Gasteiger partial charge in [0.1, 0.15) is 6.26 Å². The van der Waals surface area contributed by atoms with Crippen molar-refractivity contribution in [2.45, 2.75) is 20.8 Å². The lowest BCUT2D eigenvalue weighted by molar-refractivity contribution is 0.0519. The van der Waals surface area contributed by atoms with Crippen molar-refractivity contribution >= 4 is 17.7 Å². The summed E-state index contributed by atoms with van der Waals surface area (Å²) in [4.78, 5) is 15.5. The fourth-order valence-corrected chi connectivity index (χ4v) is 1.57. The van der Waals surface area contributed by atoms with Crippen LogP contribution in [0, 0.1) is 13.8 Å². The second-order valence-electron chi connectivity index (χ2n) is 4.18. The molecule has 1 aromatic heterocycles. The number of nitrogens with one attached hydrogen (secondary N) is 1. The molecule has 2 aromatic rings. The number of carbonyl (C=O) groups is 1. The smallest absolute Gasteiger partial charge is 0.360 e. The molecule has 1 N–H and O–H groups in total. The lowest BCUT2D eigenvalue weighted by Gasteiger charge is -2.04. The Morgan fingerprint density at radius 1 is 1.37 bits per heavy atom. The van der Waals surface area contributed by atoms with Crippen LogP contribution in [0.25, 0.3) is 0 Å². The van der Waals surface area contributed by atoms with Crippen LogP contribution >= 0.6 is 0 Å². The average Bonchev–Trinajstić information content (AvgIpc) is 2.83. The van der Waals surface area contributed by atoms with Gasteiger partial charge in [-0.3, -0.25) is 0 Å². The van der Waals surface area contributed by atoms with Crippen LogP contribution in [0.2, 0.25) is 0 Å². The van der Waals surface area contributed by atoms with E-state index in [0.717, 1.165) is 5.69 Å². The van der Waals surface area contributed by atoms with Gasteiger partial charge in [0.05, 0.1) is 6.61 Å². The van der Waals surface area contributed by atoms with Gasteiger partial charge in [0.25, 0.3) is 6.01 Å². The van der Waals surface area contributed by atoms with E-state index in [1.807, 2.05) is 32.0 Å². The highest BCUT2D eigenvalue weighted by atomic mass is 16.5. The molecule has 0 aliphatic heterocycles. The molecule has 0 atom stereocenters. The zero-order valence-electron chi connectivity index (χ0n) is 11.2. The number of rotatable bonds is 4. The molecule has 0 saturated carbocycles. The van der Waals surface area contributed by atoms with Gasteiger partial charge in [-0.15, -0.1) is 0 Å². The maximum Gasteiger partial charge on any atom is 0.360 e. The third-order valence-electron chi connectivity index (χ3n) is 2.75. The summed E-state index contributed by atoms with van der Waals surface area (Å²) in [6.07, 6.45) is 1.28. The summed E-state index contributed by atoms with van der Waals surface area (Å²) in [6.45, 7) is 6.13. The Kier molecular flexibility index (Phi) is 3.85. The molecule has 0 radical (unpaired) electrons. The Morgan fingerprint density at radius 3 is 2.84 bits per heavy atom. The second kappa shape index (κ2) is 5.56. The van der Waals surface area contributed by atoms with Crippen molar-refractivity contribution in [2.75, 3.05) is 11.9 Å². The Labute approximate surface area is 111 Å². The molecule has 100 valence electrons. The van der Waals surface area contributed by atoms with Crippen LogP contribution in [-0.4, -0.2) is 17.6 Å². The third kappa shape index (κ3) is 3.13. The van der Waals surface area contributed by atoms with Crippen molar-refractivity contribution in [1.29, 1.82) is 0 Å². The third-order valence-corrected chi connectivity index (χ3v) is 2.75. The van der Waals surface area contributed by atoms with Crippen molar-refractivity contribution in [1.82, 2.24) is 4.98 Å². The number of aromatic nitrogens is 1. The van der Waals surface area contributed by atoms with E-state index >= 15 is 0 Å². The fraction of sp³-hybridized carbons (Fsp3) is 0.286. The molecule has 0 unspecified atom stereocenters. The zero-order chi connectivity index (χ0) is 13.8. The zero-order valence-corrected chi connectivity index (χ0v) is 11.2. The molecule has 5 heteroatoms. The molecular weight excluding hydrogens is 244 g/mol. The SMILES string of the molecule is CCOC(=O)c1coc(Nc2ccc(C)c(C)c2)n1. The summed E-state index contributed by atoms with van der Waals surface area (Å²) >= 11 is 0. The summed E-state index contributed by atoms with van der Waals surface area (Å²) in [5.41, 5.74) is 3.40. The van der Waals surface area contributed by atoms with Gasteiger partial charge in [-0.25, -0.2) is 4.79 Å². The van der Waals surface area contributed by atoms with Crippen LogP contribution in [0.3, 0.4) is 0 Å². The van der Waals surface area contributed by atoms with Crippen LogP contribution in [0.15, 0.2) is 28.9 Å². The largest absolute Gasteiger partial charge is 0.461 e. The first-order chi connectivity index (χ1) is 9.10. The van der Waals surface area contributed by atoms with E-state index in [-0.39, 0.29) is 11.7 Å². The number of hydrogen-bond acceptors (Lipinski definition) is 5. The van der Waals surface area contributed by atoms with Crippen molar-refractivity contribution in [3.63, 3.8) is 0 Å². The van der Waals surface area contributed by atoms with Crippen molar-refractivity contribution in [3.05, 3.63) is 41.3 Å². The summed E-state index contributed by atoms with van der Waals surface area (Å²) in [5.74, 6) is -0.487. The van der Waals surface area contributed by atoms with E-state index in [1.165, 1.54) is 17.4 Å². The number of benzene rings is 1. The minimum Gasteiger partial charge on any atom is -0.461 e. The molecule has 1 heterocycles. The van der Waals surface area contributed by atoms with Crippen molar-refractivity contribution < 1.29 is 13.9 Å². The fourth-order valence-electron chi connectivity index (χ4n) is 1.57. The Hall–Kier alpha value is -2.30. The van der Waals surface area contributed by atoms with Gasteiger partial charge in [0.15, 0.2) is 5.69 Å². The normalized spacial score (nSPS) is 10.3. The highest BCUT2D eigenvalue weighted by Gasteiger charge is 2.13. The van der Waals surface area contributed by atoms with Crippen LogP contribution in [0.4, 0.5) is 11.7 Å². The number of ether oxygens (including phenoxy) is 1. The quantitative estimate of drug-likeness (QED) is 0.855. The number of oxazole rings is 1. The second-order valence-corrected chi connectivity index (χ2v) is 4.18. The topological polar surface area (TPSA) is 64.4 Å². The summed E-state index contributed by atoms with van der Waals surface area (Å²) < 4.78 is 10.0. The molecule has 19 heavy (non-hydrogen) atoms. The lowest BCUT2D eigenvalue weighted by atomic mass is 10.1. The molecule has 0 aliphatic carbocycles. The number of carbonyl (C=O) groups excluding carboxylic acids is 1. The summed E-state index contributed by atoms with van der Waals surface area (Å²) in [6, 6.07) is 6.19. The van der Waals surface area contributed by atoms with E-state index < -0.39 is 5.97 Å². The number of esters is 1. The minimum absolute atomic E-state index is 0.160. The first-order valence-electron chi connectivity index (χ1n) is 6.07. The van der Waals surface area contributed by atoms with Crippen molar-refractivity contribution in [3.8, 4) is 0 Å². The number of nitrogens with zero attached hydrogens (tertiary/aromatic N) is 1. The van der Waals surface area contributed by atoms with E-state index in [2.05, 4.69) is 10.3 Å². The van der Waals surface area contributed by atoms with Crippen LogP contribution in [0.1, 0.15) is 28.5 Å². The maximum atomic E-state index is 11.4. The first kappa shape index (κ1) is 13.1. The standard InChI is InChI=1S/C14H16N2O3/c1-4-18-13(17)12-8-19-14(16-12)15-11-6-5-9(2)10(3)7-11/h5-8H,4H2,1-3H3,(H,15,16). The van der Waals surface area contributed by atoms with Crippen LogP contribution < -0.4 is 5.32 Å². The number of hydrogen-bond donors (Lipinski definition) is 1. The van der Waals surface area contributed by atoms with E-state index in [4.69, 9.17) is 9.15 Å². The van der Waals surface area contributed by atoms with Crippen molar-refractivity contribution in [2.24, 2.45) is 0 Å². The monoisotopic (exact) mass is 260 g/mol. The minimum atomic E-state index is -0.487. The molecule has 0 bridgehead atoms. The molecule has 0 aliphatic rings. The van der Waals surface area contributed by atoms with E-state index in [9.17, 15) is 4.79 Å². The molecule has 5 nitrogen and oxygen atoms in total. The van der Waals surface area contributed by atoms with Crippen LogP contribution in [0.5, 0.6) is 0 Å². The Bertz CT molecular complexity index is 590. The molecule has 0 fully saturated rings. The maximum absolute atomic E-state index is 11.4. The van der Waals surface area contributed by atoms with E-state index in [0.29, 0.717) is 6.61 Å². The van der Waals surface area contributed by atoms with Gasteiger partial charge in [-0.2, -0.15) is 4.98 Å². The highest BCUT2D eigenvalue weighted by Crippen LogP contribution is 2.19. The van der Waals surface area contributed by atoms with Gasteiger partial charge in [0, 0.05) is 5.69 Å². The predicted molar refractivity (Wildman–Crippen MR) is 71.7 cm³/mol.